The van der Waals surface area contributed by atoms with Gasteiger partial charge in [-0.05, 0) is 81.6 Å². The zero-order valence-electron chi connectivity index (χ0n) is 23.8. The molecular formula is C40H30O2. The molecule has 0 atom stereocenters. The molecule has 202 valence electrons. The van der Waals surface area contributed by atoms with Crippen LogP contribution in [0.4, 0.5) is 0 Å². The van der Waals surface area contributed by atoms with E-state index in [9.17, 15) is 0 Å². The van der Waals surface area contributed by atoms with Crippen LogP contribution in [0.1, 0.15) is 33.4 Å². The largest absolute Gasteiger partial charge is 0.289 e. The molecule has 6 aromatic rings. The van der Waals surface area contributed by atoms with Gasteiger partial charge in [-0.3, -0.25) is 9.78 Å². The number of benzene rings is 6. The van der Waals surface area contributed by atoms with Gasteiger partial charge in [0.15, 0.2) is 11.5 Å². The molecule has 0 spiro atoms. The number of aryl methyl sites for hydroxylation is 2. The van der Waals surface area contributed by atoms with Crippen LogP contribution in [0.25, 0.3) is 44.5 Å². The lowest BCUT2D eigenvalue weighted by atomic mass is 9.95. The van der Waals surface area contributed by atoms with E-state index >= 15 is 0 Å². The SMILES string of the molecule is Cc1ccccc1-c1ccc2c(c1OOc1c(-c3ccccc3C)ccc3c1Cc1ccccc1-3)Cc1ccccc1-2. The zero-order valence-corrected chi connectivity index (χ0v) is 23.8. The van der Waals surface area contributed by atoms with Crippen molar-refractivity contribution in [3.8, 4) is 56.0 Å². The van der Waals surface area contributed by atoms with Crippen LogP contribution in [-0.2, 0) is 12.8 Å². The lowest BCUT2D eigenvalue weighted by molar-refractivity contribution is -0.1000. The summed E-state index contributed by atoms with van der Waals surface area (Å²) in [6.45, 7) is 4.30. The first-order chi connectivity index (χ1) is 20.7. The third kappa shape index (κ3) is 3.87. The Morgan fingerprint density at radius 2 is 0.714 bits per heavy atom. The summed E-state index contributed by atoms with van der Waals surface area (Å²) in [4.78, 5) is 13.3. The Balaban J connectivity index is 1.29. The van der Waals surface area contributed by atoms with Crippen molar-refractivity contribution in [2.24, 2.45) is 0 Å². The monoisotopic (exact) mass is 542 g/mol. The summed E-state index contributed by atoms with van der Waals surface area (Å²) < 4.78 is 0. The standard InChI is InChI=1S/C40H30O2/c1-25-11-3-7-15-29(25)35-21-19-33-31-17-9-5-13-27(31)23-37(33)39(35)41-42-40-36(30-16-8-4-12-26(30)2)22-20-34-32-18-10-6-14-28(32)24-38(34)40/h3-22H,23-24H2,1-2H3. The van der Waals surface area contributed by atoms with Crippen molar-refractivity contribution >= 4 is 0 Å². The third-order valence-corrected chi connectivity index (χ3v) is 8.95. The topological polar surface area (TPSA) is 18.5 Å². The Morgan fingerprint density at radius 3 is 1.14 bits per heavy atom. The normalized spacial score (nSPS) is 12.3. The van der Waals surface area contributed by atoms with Gasteiger partial charge in [0.05, 0.1) is 0 Å². The molecule has 0 unspecified atom stereocenters. The van der Waals surface area contributed by atoms with Gasteiger partial charge >= 0.3 is 0 Å². The van der Waals surface area contributed by atoms with Crippen LogP contribution >= 0.6 is 0 Å². The van der Waals surface area contributed by atoms with Crippen molar-refractivity contribution in [2.45, 2.75) is 26.7 Å². The first-order valence-corrected chi connectivity index (χ1v) is 14.6. The molecule has 2 aliphatic rings. The van der Waals surface area contributed by atoms with E-state index in [1.807, 2.05) is 0 Å². The van der Waals surface area contributed by atoms with Crippen LogP contribution in [0, 0.1) is 13.8 Å². The molecule has 0 fully saturated rings. The molecule has 2 aliphatic carbocycles. The van der Waals surface area contributed by atoms with Gasteiger partial charge in [0.2, 0.25) is 0 Å². The summed E-state index contributed by atoms with van der Waals surface area (Å²) in [7, 11) is 0. The molecule has 0 saturated carbocycles. The van der Waals surface area contributed by atoms with E-state index < -0.39 is 0 Å². The maximum absolute atomic E-state index is 6.63. The number of hydrogen-bond acceptors (Lipinski definition) is 2. The second-order valence-corrected chi connectivity index (χ2v) is 11.4. The molecular weight excluding hydrogens is 512 g/mol. The summed E-state index contributed by atoms with van der Waals surface area (Å²) in [5, 5.41) is 0. The van der Waals surface area contributed by atoms with Gasteiger partial charge in [-0.2, -0.15) is 0 Å². The summed E-state index contributed by atoms with van der Waals surface area (Å²) in [6, 6.07) is 43.1. The molecule has 0 saturated heterocycles. The van der Waals surface area contributed by atoms with Crippen molar-refractivity contribution < 1.29 is 9.78 Å². The average molecular weight is 543 g/mol. The van der Waals surface area contributed by atoms with Crippen molar-refractivity contribution in [1.82, 2.24) is 0 Å². The highest BCUT2D eigenvalue weighted by atomic mass is 17.2. The Kier molecular flexibility index (Phi) is 5.75. The van der Waals surface area contributed by atoms with Crippen LogP contribution in [0.5, 0.6) is 11.5 Å². The van der Waals surface area contributed by atoms with E-state index in [1.54, 1.807) is 0 Å². The zero-order chi connectivity index (χ0) is 28.2. The van der Waals surface area contributed by atoms with Gasteiger partial charge in [-0.1, -0.05) is 109 Å². The Hall–Kier alpha value is -5.08. The van der Waals surface area contributed by atoms with Gasteiger partial charge in [0, 0.05) is 35.1 Å². The van der Waals surface area contributed by atoms with Crippen LogP contribution in [0.2, 0.25) is 0 Å². The summed E-state index contributed by atoms with van der Waals surface area (Å²) in [5.74, 6) is 1.59. The number of fused-ring (bicyclic) bond motifs is 6. The maximum atomic E-state index is 6.63. The van der Waals surface area contributed by atoms with Crippen molar-refractivity contribution in [1.29, 1.82) is 0 Å². The lowest BCUT2D eigenvalue weighted by Crippen LogP contribution is -2.08. The minimum Gasteiger partial charge on any atom is -0.289 e. The second kappa shape index (κ2) is 9.78. The first kappa shape index (κ1) is 24.7. The van der Waals surface area contributed by atoms with E-state index in [0.717, 1.165) is 46.6 Å². The van der Waals surface area contributed by atoms with E-state index in [-0.39, 0.29) is 0 Å². The van der Waals surface area contributed by atoms with Crippen molar-refractivity contribution in [3.63, 3.8) is 0 Å². The minimum absolute atomic E-state index is 0.793. The van der Waals surface area contributed by atoms with E-state index in [2.05, 4.69) is 135 Å². The highest BCUT2D eigenvalue weighted by molar-refractivity contribution is 5.87. The van der Waals surface area contributed by atoms with Crippen LogP contribution in [0.15, 0.2) is 121 Å². The number of rotatable bonds is 5. The van der Waals surface area contributed by atoms with Crippen molar-refractivity contribution in [3.05, 3.63) is 155 Å². The van der Waals surface area contributed by atoms with Crippen LogP contribution in [0.3, 0.4) is 0 Å². The van der Waals surface area contributed by atoms with Gasteiger partial charge in [0.25, 0.3) is 0 Å². The van der Waals surface area contributed by atoms with Crippen LogP contribution in [-0.4, -0.2) is 0 Å². The fraction of sp³-hybridized carbons (Fsp3) is 0.100. The molecule has 0 heterocycles. The van der Waals surface area contributed by atoms with Crippen molar-refractivity contribution in [2.75, 3.05) is 0 Å². The van der Waals surface area contributed by atoms with Gasteiger partial charge in [0.1, 0.15) is 0 Å². The second-order valence-electron chi connectivity index (χ2n) is 11.4. The summed E-state index contributed by atoms with van der Waals surface area (Å²) in [5.41, 5.74) is 16.7. The van der Waals surface area contributed by atoms with Gasteiger partial charge < -0.3 is 0 Å². The molecule has 0 bridgehead atoms. The smallest absolute Gasteiger partial charge is 0.190 e. The van der Waals surface area contributed by atoms with E-state index in [4.69, 9.17) is 9.78 Å². The molecule has 0 aromatic heterocycles. The highest BCUT2D eigenvalue weighted by Crippen LogP contribution is 2.49. The van der Waals surface area contributed by atoms with Crippen LogP contribution < -0.4 is 9.78 Å². The molecule has 8 rings (SSSR count). The number of hydrogen-bond donors (Lipinski definition) is 0. The molecule has 6 aromatic carbocycles. The fourth-order valence-electron chi connectivity index (χ4n) is 6.81. The Labute approximate surface area is 246 Å². The fourth-order valence-corrected chi connectivity index (χ4v) is 6.81. The van der Waals surface area contributed by atoms with E-state index in [1.165, 1.54) is 55.6 Å². The van der Waals surface area contributed by atoms with Gasteiger partial charge in [-0.15, -0.1) is 0 Å². The van der Waals surface area contributed by atoms with E-state index in [0.29, 0.717) is 0 Å². The summed E-state index contributed by atoms with van der Waals surface area (Å²) in [6.07, 6.45) is 1.62. The predicted octanol–water partition coefficient (Wildman–Crippen LogP) is 10.2. The molecule has 0 radical (unpaired) electrons. The molecule has 0 amide bonds. The quantitative estimate of drug-likeness (QED) is 0.159. The highest BCUT2D eigenvalue weighted by Gasteiger charge is 2.29. The Morgan fingerprint density at radius 1 is 0.357 bits per heavy atom. The first-order valence-electron chi connectivity index (χ1n) is 14.6. The molecule has 0 aliphatic heterocycles. The molecule has 2 nitrogen and oxygen atoms in total. The maximum Gasteiger partial charge on any atom is 0.190 e. The molecule has 0 N–H and O–H groups in total. The summed E-state index contributed by atoms with van der Waals surface area (Å²) >= 11 is 0. The third-order valence-electron chi connectivity index (χ3n) is 8.95. The molecule has 2 heteroatoms. The predicted molar refractivity (Wildman–Crippen MR) is 171 cm³/mol. The minimum atomic E-state index is 0.793. The molecule has 42 heavy (non-hydrogen) atoms. The Bertz CT molecular complexity index is 1870. The average Bonchev–Trinajstić information content (AvgIpc) is 3.59. The van der Waals surface area contributed by atoms with Gasteiger partial charge in [-0.25, -0.2) is 0 Å². The lowest BCUT2D eigenvalue weighted by Gasteiger charge is -2.19.